The number of hydrogen-bond acceptors (Lipinski definition) is 4. The van der Waals surface area contributed by atoms with Crippen molar-refractivity contribution in [1.82, 2.24) is 9.97 Å². The number of hydrogen-bond donors (Lipinski definition) is 1. The van der Waals surface area contributed by atoms with Gasteiger partial charge in [0.1, 0.15) is 0 Å². The van der Waals surface area contributed by atoms with E-state index >= 15 is 0 Å². The van der Waals surface area contributed by atoms with E-state index in [2.05, 4.69) is 9.97 Å². The minimum atomic E-state index is 0. The predicted molar refractivity (Wildman–Crippen MR) is 101 cm³/mol. The number of nitrogens with two attached hydrogens (primary N) is 1. The lowest BCUT2D eigenvalue weighted by Crippen LogP contribution is -1.84. The molecule has 3 rings (SSSR count). The van der Waals surface area contributed by atoms with Gasteiger partial charge in [-0.1, -0.05) is 35.1 Å². The first kappa shape index (κ1) is 18.1. The summed E-state index contributed by atoms with van der Waals surface area (Å²) in [6.07, 6.45) is 3.52. The van der Waals surface area contributed by atoms with Gasteiger partial charge in [-0.3, -0.25) is 4.98 Å². The molecule has 0 amide bonds. The lowest BCUT2D eigenvalue weighted by atomic mass is 10.1. The second-order valence-corrected chi connectivity index (χ2v) is 5.44. The molecule has 0 aliphatic heterocycles. The van der Waals surface area contributed by atoms with Crippen LogP contribution in [0.3, 0.4) is 0 Å². The van der Waals surface area contributed by atoms with Crippen molar-refractivity contribution in [3.8, 4) is 21.7 Å². The molecule has 1 aromatic carbocycles. The van der Waals surface area contributed by atoms with E-state index in [4.69, 9.17) is 17.3 Å². The molecule has 7 heteroatoms. The van der Waals surface area contributed by atoms with E-state index in [-0.39, 0.29) is 34.0 Å². The summed E-state index contributed by atoms with van der Waals surface area (Å²) in [6.45, 7) is 0. The van der Waals surface area contributed by atoms with Crippen LogP contribution >= 0.6 is 56.9 Å². The molecule has 0 aliphatic carbocycles. The minimum absolute atomic E-state index is 0. The number of thiazole rings is 1. The van der Waals surface area contributed by atoms with Crippen LogP contribution in [0.1, 0.15) is 0 Å². The number of aromatic nitrogens is 2. The van der Waals surface area contributed by atoms with Crippen molar-refractivity contribution < 1.29 is 0 Å². The van der Waals surface area contributed by atoms with Crippen LogP contribution in [0.4, 0.5) is 5.13 Å². The molecular formula is C14H12Br2ClN3S. The monoisotopic (exact) mass is 447 g/mol. The maximum absolute atomic E-state index is 5.91. The summed E-state index contributed by atoms with van der Waals surface area (Å²) in [7, 11) is 0. The number of nitrogens with zero attached hydrogens (tertiary/aromatic N) is 2. The van der Waals surface area contributed by atoms with Gasteiger partial charge in [0, 0.05) is 23.0 Å². The van der Waals surface area contributed by atoms with Gasteiger partial charge in [0.15, 0.2) is 5.13 Å². The highest BCUT2D eigenvalue weighted by Crippen LogP contribution is 2.37. The molecule has 0 bridgehead atoms. The number of nitrogen functional groups attached to an aromatic ring is 1. The maximum Gasteiger partial charge on any atom is 0.181 e. The molecule has 21 heavy (non-hydrogen) atoms. The largest absolute Gasteiger partial charge is 0.375 e. The molecule has 2 heterocycles. The van der Waals surface area contributed by atoms with Gasteiger partial charge in [-0.05, 0) is 29.8 Å². The zero-order chi connectivity index (χ0) is 13.2. The van der Waals surface area contributed by atoms with Crippen LogP contribution in [0.5, 0.6) is 0 Å². The Hall–Kier alpha value is -0.950. The molecule has 0 fully saturated rings. The van der Waals surface area contributed by atoms with Gasteiger partial charge in [-0.2, -0.15) is 0 Å². The van der Waals surface area contributed by atoms with E-state index in [0.29, 0.717) is 10.2 Å². The van der Waals surface area contributed by atoms with Crippen LogP contribution in [0, 0.1) is 0 Å². The molecule has 3 nitrogen and oxygen atoms in total. The average Bonchev–Trinajstić information content (AvgIpc) is 2.83. The van der Waals surface area contributed by atoms with Gasteiger partial charge in [-0.15, -0.1) is 34.0 Å². The van der Waals surface area contributed by atoms with Crippen molar-refractivity contribution in [3.63, 3.8) is 0 Å². The summed E-state index contributed by atoms with van der Waals surface area (Å²) in [5.41, 5.74) is 8.80. The Balaban J connectivity index is 0.00000110. The van der Waals surface area contributed by atoms with E-state index in [0.717, 1.165) is 21.7 Å². The molecule has 0 atom stereocenters. The second-order valence-electron chi connectivity index (χ2n) is 3.97. The zero-order valence-electron chi connectivity index (χ0n) is 10.7. The highest BCUT2D eigenvalue weighted by Gasteiger charge is 2.13. The van der Waals surface area contributed by atoms with Crippen LogP contribution in [0.25, 0.3) is 21.7 Å². The summed E-state index contributed by atoms with van der Waals surface area (Å²) in [5.74, 6) is 0. The summed E-state index contributed by atoms with van der Waals surface area (Å²) >= 11 is 7.38. The van der Waals surface area contributed by atoms with Crippen LogP contribution in [-0.4, -0.2) is 9.97 Å². The van der Waals surface area contributed by atoms with E-state index in [1.165, 1.54) is 11.3 Å². The van der Waals surface area contributed by atoms with Gasteiger partial charge in [0.25, 0.3) is 0 Å². The third kappa shape index (κ3) is 4.03. The molecule has 2 N–H and O–H groups in total. The first-order valence-electron chi connectivity index (χ1n) is 5.66. The highest BCUT2D eigenvalue weighted by atomic mass is 79.9. The molecule has 0 aliphatic rings. The van der Waals surface area contributed by atoms with Crippen molar-refractivity contribution >= 4 is 62.0 Å². The number of anilines is 1. The van der Waals surface area contributed by atoms with E-state index in [1.807, 2.05) is 36.4 Å². The molecule has 3 aromatic rings. The third-order valence-corrected chi connectivity index (χ3v) is 3.89. The summed E-state index contributed by atoms with van der Waals surface area (Å²) in [6, 6.07) is 11.5. The summed E-state index contributed by atoms with van der Waals surface area (Å²) in [5, 5.41) is 1.26. The van der Waals surface area contributed by atoms with Crippen LogP contribution in [-0.2, 0) is 0 Å². The Labute approximate surface area is 152 Å². The van der Waals surface area contributed by atoms with Gasteiger partial charge in [0.2, 0.25) is 0 Å². The molecule has 0 spiro atoms. The van der Waals surface area contributed by atoms with Crippen LogP contribution in [0.2, 0.25) is 5.02 Å². The minimum Gasteiger partial charge on any atom is -0.375 e. The molecule has 2 aromatic heterocycles. The fraction of sp³-hybridized carbons (Fsp3) is 0. The standard InChI is InChI=1S/C14H10ClN3S.2BrH/c15-11-3-1-9(2-4-11)12-13(19-14(16)18-12)10-5-7-17-8-6-10;;/h1-8H,(H2,16,18);2*1H. The predicted octanol–water partition coefficient (Wildman–Crippen LogP) is 5.26. The quantitative estimate of drug-likeness (QED) is 0.580. The Morgan fingerprint density at radius 3 is 2.14 bits per heavy atom. The topological polar surface area (TPSA) is 51.8 Å². The molecule has 110 valence electrons. The maximum atomic E-state index is 5.91. The van der Waals surface area contributed by atoms with Gasteiger partial charge >= 0.3 is 0 Å². The van der Waals surface area contributed by atoms with Gasteiger partial charge in [0.05, 0.1) is 10.6 Å². The first-order valence-corrected chi connectivity index (χ1v) is 6.86. The Bertz CT molecular complexity index is 702. The normalized spacial score (nSPS) is 9.57. The van der Waals surface area contributed by atoms with Crippen molar-refractivity contribution in [2.75, 3.05) is 5.73 Å². The lowest BCUT2D eigenvalue weighted by molar-refractivity contribution is 1.33. The molecular weight excluding hydrogens is 438 g/mol. The fourth-order valence-corrected chi connectivity index (χ4v) is 2.83. The number of rotatable bonds is 2. The van der Waals surface area contributed by atoms with Crippen molar-refractivity contribution in [1.29, 1.82) is 0 Å². The summed E-state index contributed by atoms with van der Waals surface area (Å²) < 4.78 is 0. The van der Waals surface area contributed by atoms with Gasteiger partial charge < -0.3 is 5.73 Å². The van der Waals surface area contributed by atoms with E-state index < -0.39 is 0 Å². The SMILES string of the molecule is Br.Br.Nc1nc(-c2ccc(Cl)cc2)c(-c2ccncc2)s1. The first-order chi connectivity index (χ1) is 9.24. The number of halogens is 3. The Kier molecular flexibility index (Phi) is 6.80. The summed E-state index contributed by atoms with van der Waals surface area (Å²) in [4.78, 5) is 9.49. The van der Waals surface area contributed by atoms with Crippen LogP contribution < -0.4 is 5.73 Å². The van der Waals surface area contributed by atoms with E-state index in [1.54, 1.807) is 12.4 Å². The fourth-order valence-electron chi connectivity index (χ4n) is 1.84. The van der Waals surface area contributed by atoms with Crippen molar-refractivity contribution in [2.24, 2.45) is 0 Å². The second kappa shape index (κ2) is 7.89. The van der Waals surface area contributed by atoms with Crippen molar-refractivity contribution in [3.05, 3.63) is 53.8 Å². The van der Waals surface area contributed by atoms with E-state index in [9.17, 15) is 0 Å². The smallest absolute Gasteiger partial charge is 0.181 e. The molecule has 0 radical (unpaired) electrons. The molecule has 0 saturated heterocycles. The average molecular weight is 450 g/mol. The Morgan fingerprint density at radius 2 is 1.52 bits per heavy atom. The number of pyridine rings is 1. The third-order valence-electron chi connectivity index (χ3n) is 2.70. The van der Waals surface area contributed by atoms with Crippen molar-refractivity contribution in [2.45, 2.75) is 0 Å². The van der Waals surface area contributed by atoms with Gasteiger partial charge in [-0.25, -0.2) is 4.98 Å². The lowest BCUT2D eigenvalue weighted by Gasteiger charge is -2.02. The highest BCUT2D eigenvalue weighted by molar-refractivity contribution is 8.93. The zero-order valence-corrected chi connectivity index (χ0v) is 15.7. The number of benzene rings is 1. The molecule has 0 saturated carbocycles. The van der Waals surface area contributed by atoms with Crippen LogP contribution in [0.15, 0.2) is 48.8 Å². The molecule has 0 unspecified atom stereocenters. The Morgan fingerprint density at radius 1 is 0.905 bits per heavy atom.